The highest BCUT2D eigenvalue weighted by Crippen LogP contribution is 1.83. The molecule has 64 valence electrons. The van der Waals surface area contributed by atoms with Gasteiger partial charge in [0.05, 0.1) is 12.3 Å². The summed E-state index contributed by atoms with van der Waals surface area (Å²) in [5.41, 5.74) is 0.772. The van der Waals surface area contributed by atoms with Crippen LogP contribution in [0.25, 0.3) is 0 Å². The van der Waals surface area contributed by atoms with E-state index in [1.54, 1.807) is 20.8 Å². The summed E-state index contributed by atoms with van der Waals surface area (Å²) in [6.07, 6.45) is 0. The Labute approximate surface area is 66.2 Å². The average Bonchev–Trinajstić information content (AvgIpc) is 1.87. The van der Waals surface area contributed by atoms with Crippen LogP contribution in [0.1, 0.15) is 20.8 Å². The highest BCUT2D eigenvalue weighted by Gasteiger charge is 1.99. The van der Waals surface area contributed by atoms with Gasteiger partial charge in [0.1, 0.15) is 0 Å². The molecule has 0 fully saturated rings. The van der Waals surface area contributed by atoms with Gasteiger partial charge in [0.2, 0.25) is 6.61 Å². The Morgan fingerprint density at radius 2 is 2.09 bits per heavy atom. The molecule has 0 saturated carbocycles. The van der Waals surface area contributed by atoms with E-state index in [1.807, 2.05) is 0 Å². The van der Waals surface area contributed by atoms with Crippen LogP contribution in [0, 0.1) is 0 Å². The number of nitrogens with zero attached hydrogens (tertiary/aromatic N) is 1. The molecule has 4 heteroatoms. The second-order valence-corrected chi connectivity index (χ2v) is 2.12. The van der Waals surface area contributed by atoms with E-state index in [1.165, 1.54) is 0 Å². The molecule has 0 bridgehead atoms. The fourth-order valence-corrected chi connectivity index (χ4v) is 0.417. The van der Waals surface area contributed by atoms with Crippen molar-refractivity contribution >= 4 is 11.7 Å². The van der Waals surface area contributed by atoms with Gasteiger partial charge in [0.15, 0.2) is 0 Å². The van der Waals surface area contributed by atoms with Crippen molar-refractivity contribution in [1.82, 2.24) is 0 Å². The summed E-state index contributed by atoms with van der Waals surface area (Å²) in [7, 11) is 0. The minimum absolute atomic E-state index is 0.112. The molecule has 4 nitrogen and oxygen atoms in total. The first-order chi connectivity index (χ1) is 5.16. The highest BCUT2D eigenvalue weighted by atomic mass is 16.7. The summed E-state index contributed by atoms with van der Waals surface area (Å²) in [4.78, 5) is 15.2. The van der Waals surface area contributed by atoms with Gasteiger partial charge >= 0.3 is 5.97 Å². The third-order valence-electron chi connectivity index (χ3n) is 0.735. The van der Waals surface area contributed by atoms with Crippen molar-refractivity contribution in [3.05, 3.63) is 0 Å². The lowest BCUT2D eigenvalue weighted by Crippen LogP contribution is -2.10. The molecular formula is C7H13NO3. The molecule has 0 aliphatic rings. The van der Waals surface area contributed by atoms with Crippen LogP contribution in [-0.4, -0.2) is 24.9 Å². The third-order valence-corrected chi connectivity index (χ3v) is 0.735. The van der Waals surface area contributed by atoms with Crippen molar-refractivity contribution in [2.45, 2.75) is 20.8 Å². The molecule has 0 heterocycles. The maximum atomic E-state index is 10.6. The molecule has 0 aliphatic heterocycles. The second kappa shape index (κ2) is 5.70. The van der Waals surface area contributed by atoms with Gasteiger partial charge in [0, 0.05) is 0 Å². The van der Waals surface area contributed by atoms with Crippen LogP contribution >= 0.6 is 0 Å². The van der Waals surface area contributed by atoms with E-state index in [9.17, 15) is 4.79 Å². The fraction of sp³-hybridized carbons (Fsp3) is 0.714. The zero-order valence-electron chi connectivity index (χ0n) is 7.09. The molecule has 0 saturated heterocycles. The number of hydrogen-bond donors (Lipinski definition) is 0. The van der Waals surface area contributed by atoms with Crippen LogP contribution in [0.2, 0.25) is 0 Å². The number of oxime groups is 1. The van der Waals surface area contributed by atoms with Gasteiger partial charge in [-0.3, -0.25) is 0 Å². The van der Waals surface area contributed by atoms with Gasteiger partial charge in [0.25, 0.3) is 0 Å². The Hall–Kier alpha value is -1.06. The Kier molecular flexibility index (Phi) is 5.15. The summed E-state index contributed by atoms with van der Waals surface area (Å²) in [6, 6.07) is 0. The summed E-state index contributed by atoms with van der Waals surface area (Å²) in [6.45, 7) is 5.57. The normalized spacial score (nSPS) is 8.64. The van der Waals surface area contributed by atoms with Gasteiger partial charge in [-0.05, 0) is 20.8 Å². The number of carbonyl (C=O) groups excluding carboxylic acids is 1. The van der Waals surface area contributed by atoms with E-state index in [-0.39, 0.29) is 6.61 Å². The fourth-order valence-electron chi connectivity index (χ4n) is 0.417. The Balaban J connectivity index is 3.39. The van der Waals surface area contributed by atoms with Crippen LogP contribution in [0.4, 0.5) is 0 Å². The summed E-state index contributed by atoms with van der Waals surface area (Å²) in [5, 5.41) is 3.56. The van der Waals surface area contributed by atoms with E-state index < -0.39 is 5.97 Å². The van der Waals surface area contributed by atoms with E-state index in [0.717, 1.165) is 5.71 Å². The molecule has 0 amide bonds. The number of ether oxygens (including phenoxy) is 1. The molecule has 0 aliphatic carbocycles. The lowest BCUT2D eigenvalue weighted by Gasteiger charge is -1.99. The number of carbonyl (C=O) groups is 1. The van der Waals surface area contributed by atoms with Gasteiger partial charge in [-0.25, -0.2) is 4.79 Å². The molecule has 0 aromatic rings. The number of esters is 1. The first-order valence-corrected chi connectivity index (χ1v) is 3.45. The maximum absolute atomic E-state index is 10.6. The van der Waals surface area contributed by atoms with Crippen molar-refractivity contribution in [2.24, 2.45) is 5.16 Å². The van der Waals surface area contributed by atoms with E-state index in [4.69, 9.17) is 0 Å². The number of hydrogen-bond acceptors (Lipinski definition) is 4. The lowest BCUT2D eigenvalue weighted by molar-refractivity contribution is -0.148. The van der Waals surface area contributed by atoms with Crippen LogP contribution in [-0.2, 0) is 14.4 Å². The molecule has 0 spiro atoms. The molecular weight excluding hydrogens is 146 g/mol. The van der Waals surface area contributed by atoms with Crippen LogP contribution in [0.5, 0.6) is 0 Å². The molecule has 0 rings (SSSR count). The van der Waals surface area contributed by atoms with Crippen molar-refractivity contribution in [2.75, 3.05) is 13.2 Å². The first-order valence-electron chi connectivity index (χ1n) is 3.45. The minimum atomic E-state index is -0.391. The maximum Gasteiger partial charge on any atom is 0.347 e. The predicted octanol–water partition coefficient (Wildman–Crippen LogP) is 0.962. The summed E-state index contributed by atoms with van der Waals surface area (Å²) in [5.74, 6) is -0.391. The van der Waals surface area contributed by atoms with Crippen LogP contribution < -0.4 is 0 Å². The molecule has 0 aromatic heterocycles. The molecule has 11 heavy (non-hydrogen) atoms. The molecule has 0 radical (unpaired) electrons. The zero-order chi connectivity index (χ0) is 8.69. The predicted molar refractivity (Wildman–Crippen MR) is 41.4 cm³/mol. The molecule has 0 aromatic carbocycles. The van der Waals surface area contributed by atoms with Gasteiger partial charge in [-0.15, -0.1) is 0 Å². The monoisotopic (exact) mass is 159 g/mol. The smallest absolute Gasteiger partial charge is 0.347 e. The van der Waals surface area contributed by atoms with Crippen molar-refractivity contribution in [3.63, 3.8) is 0 Å². The lowest BCUT2D eigenvalue weighted by atomic mass is 10.5. The van der Waals surface area contributed by atoms with E-state index in [0.29, 0.717) is 6.61 Å². The minimum Gasteiger partial charge on any atom is -0.463 e. The molecule has 0 N–H and O–H groups in total. The zero-order valence-corrected chi connectivity index (χ0v) is 7.09. The van der Waals surface area contributed by atoms with Crippen LogP contribution in [0.15, 0.2) is 5.16 Å². The van der Waals surface area contributed by atoms with Crippen molar-refractivity contribution < 1.29 is 14.4 Å². The standard InChI is InChI=1S/C7H13NO3/c1-4-10-7(9)5-11-8-6(2)3/h4-5H2,1-3H3. The van der Waals surface area contributed by atoms with Gasteiger partial charge in [-0.1, -0.05) is 5.16 Å². The highest BCUT2D eigenvalue weighted by molar-refractivity contribution is 5.78. The Morgan fingerprint density at radius 3 is 2.55 bits per heavy atom. The van der Waals surface area contributed by atoms with Gasteiger partial charge < -0.3 is 9.57 Å². The van der Waals surface area contributed by atoms with Crippen molar-refractivity contribution in [1.29, 1.82) is 0 Å². The first kappa shape index (κ1) is 9.94. The molecule has 0 atom stereocenters. The second-order valence-electron chi connectivity index (χ2n) is 2.12. The average molecular weight is 159 g/mol. The van der Waals surface area contributed by atoms with Crippen LogP contribution in [0.3, 0.4) is 0 Å². The van der Waals surface area contributed by atoms with E-state index >= 15 is 0 Å². The largest absolute Gasteiger partial charge is 0.463 e. The molecule has 0 unspecified atom stereocenters. The van der Waals surface area contributed by atoms with E-state index in [2.05, 4.69) is 14.7 Å². The Bertz CT molecular complexity index is 150. The van der Waals surface area contributed by atoms with Gasteiger partial charge in [-0.2, -0.15) is 0 Å². The topological polar surface area (TPSA) is 47.9 Å². The summed E-state index contributed by atoms with van der Waals surface area (Å²) >= 11 is 0. The quantitative estimate of drug-likeness (QED) is 0.349. The Morgan fingerprint density at radius 1 is 1.45 bits per heavy atom. The summed E-state index contributed by atoms with van der Waals surface area (Å²) < 4.78 is 4.59. The van der Waals surface area contributed by atoms with Crippen molar-refractivity contribution in [3.8, 4) is 0 Å². The SMILES string of the molecule is CCOC(=O)CON=C(C)C. The number of rotatable bonds is 4. The third kappa shape index (κ3) is 6.83.